The first-order valence-electron chi connectivity index (χ1n) is 6.29. The molecule has 0 fully saturated rings. The molecular weight excluding hydrogens is 250 g/mol. The maximum atomic E-state index is 11.8. The molecule has 0 radical (unpaired) electrons. The van der Waals surface area contributed by atoms with Crippen LogP contribution in [0, 0.1) is 6.92 Å². The summed E-state index contributed by atoms with van der Waals surface area (Å²) in [5.74, 6) is -0.0808. The van der Waals surface area contributed by atoms with E-state index in [4.69, 9.17) is 16.7 Å². The van der Waals surface area contributed by atoms with Gasteiger partial charge in [-0.25, -0.2) is 0 Å². The highest BCUT2D eigenvalue weighted by Crippen LogP contribution is 2.14. The first-order valence-corrected chi connectivity index (χ1v) is 6.67. The van der Waals surface area contributed by atoms with Gasteiger partial charge in [0.2, 0.25) is 0 Å². The minimum absolute atomic E-state index is 0.0808. The summed E-state index contributed by atoms with van der Waals surface area (Å²) in [5, 5.41) is 12.1. The van der Waals surface area contributed by atoms with E-state index in [2.05, 4.69) is 5.32 Å². The van der Waals surface area contributed by atoms with Crippen LogP contribution in [0.5, 0.6) is 0 Å². The molecule has 0 saturated carbocycles. The van der Waals surface area contributed by atoms with Crippen LogP contribution in [0.25, 0.3) is 0 Å². The van der Waals surface area contributed by atoms with Gasteiger partial charge in [0.25, 0.3) is 5.91 Å². The maximum absolute atomic E-state index is 11.8. The number of benzene rings is 1. The second-order valence-electron chi connectivity index (χ2n) is 4.41. The SMILES string of the molecule is Cc1cc(Cl)cc(C(=O)NCCCCCCO)c1. The molecule has 1 aromatic rings. The van der Waals surface area contributed by atoms with Crippen LogP contribution in [-0.4, -0.2) is 24.2 Å². The van der Waals surface area contributed by atoms with E-state index in [-0.39, 0.29) is 12.5 Å². The fourth-order valence-electron chi connectivity index (χ4n) is 1.76. The Labute approximate surface area is 113 Å². The fraction of sp³-hybridized carbons (Fsp3) is 0.500. The zero-order chi connectivity index (χ0) is 13.4. The number of aliphatic hydroxyl groups excluding tert-OH is 1. The van der Waals surface area contributed by atoms with Gasteiger partial charge in [0, 0.05) is 23.7 Å². The van der Waals surface area contributed by atoms with E-state index in [9.17, 15) is 4.79 Å². The fourth-order valence-corrected chi connectivity index (χ4v) is 2.05. The number of halogens is 1. The van der Waals surface area contributed by atoms with Crippen LogP contribution < -0.4 is 5.32 Å². The Morgan fingerprint density at radius 2 is 1.94 bits per heavy atom. The predicted octanol–water partition coefficient (Wildman–Crippen LogP) is 2.93. The number of hydrogen-bond donors (Lipinski definition) is 2. The van der Waals surface area contributed by atoms with Crippen molar-refractivity contribution in [2.45, 2.75) is 32.6 Å². The van der Waals surface area contributed by atoms with Crippen molar-refractivity contribution < 1.29 is 9.90 Å². The quantitative estimate of drug-likeness (QED) is 0.748. The molecule has 0 atom stereocenters. The molecule has 0 spiro atoms. The molecule has 1 aromatic carbocycles. The van der Waals surface area contributed by atoms with Crippen molar-refractivity contribution in [3.05, 3.63) is 34.3 Å². The summed E-state index contributed by atoms with van der Waals surface area (Å²) in [4.78, 5) is 11.8. The Morgan fingerprint density at radius 1 is 1.22 bits per heavy atom. The normalized spacial score (nSPS) is 10.4. The first kappa shape index (κ1) is 15.0. The van der Waals surface area contributed by atoms with E-state index >= 15 is 0 Å². The van der Waals surface area contributed by atoms with E-state index in [0.717, 1.165) is 31.2 Å². The lowest BCUT2D eigenvalue weighted by Gasteiger charge is -2.06. The molecule has 4 heteroatoms. The molecule has 0 aliphatic rings. The van der Waals surface area contributed by atoms with Gasteiger partial charge in [-0.2, -0.15) is 0 Å². The number of rotatable bonds is 7. The van der Waals surface area contributed by atoms with Gasteiger partial charge in [0.1, 0.15) is 0 Å². The summed E-state index contributed by atoms with van der Waals surface area (Å²) in [5.41, 5.74) is 1.59. The number of amides is 1. The van der Waals surface area contributed by atoms with Gasteiger partial charge in [-0.05, 0) is 43.5 Å². The Bertz CT molecular complexity index is 373. The van der Waals surface area contributed by atoms with Crippen LogP contribution in [0.15, 0.2) is 18.2 Å². The maximum Gasteiger partial charge on any atom is 0.251 e. The predicted molar refractivity (Wildman–Crippen MR) is 74.1 cm³/mol. The number of aliphatic hydroxyl groups is 1. The molecule has 0 heterocycles. The van der Waals surface area contributed by atoms with Gasteiger partial charge in [-0.3, -0.25) is 4.79 Å². The molecule has 1 rings (SSSR count). The Kier molecular flexibility index (Phi) is 6.76. The van der Waals surface area contributed by atoms with E-state index in [1.807, 2.05) is 19.1 Å². The number of nitrogens with one attached hydrogen (secondary N) is 1. The minimum atomic E-state index is -0.0808. The van der Waals surface area contributed by atoms with Crippen LogP contribution in [0.2, 0.25) is 5.02 Å². The van der Waals surface area contributed by atoms with Crippen LogP contribution in [0.3, 0.4) is 0 Å². The third-order valence-corrected chi connectivity index (χ3v) is 2.89. The molecule has 0 aromatic heterocycles. The lowest BCUT2D eigenvalue weighted by atomic mass is 10.1. The Morgan fingerprint density at radius 3 is 2.61 bits per heavy atom. The highest BCUT2D eigenvalue weighted by Gasteiger charge is 2.06. The monoisotopic (exact) mass is 269 g/mol. The molecule has 0 aliphatic heterocycles. The summed E-state index contributed by atoms with van der Waals surface area (Å²) >= 11 is 5.91. The van der Waals surface area contributed by atoms with Gasteiger partial charge in [0.15, 0.2) is 0 Å². The molecule has 100 valence electrons. The summed E-state index contributed by atoms with van der Waals surface area (Å²) in [7, 11) is 0. The zero-order valence-corrected chi connectivity index (χ0v) is 11.5. The van der Waals surface area contributed by atoms with E-state index < -0.39 is 0 Å². The van der Waals surface area contributed by atoms with Crippen molar-refractivity contribution in [3.8, 4) is 0 Å². The lowest BCUT2D eigenvalue weighted by Crippen LogP contribution is -2.24. The molecule has 2 N–H and O–H groups in total. The third kappa shape index (κ3) is 5.52. The number of hydrogen-bond acceptors (Lipinski definition) is 2. The Balaban J connectivity index is 2.32. The van der Waals surface area contributed by atoms with E-state index in [1.54, 1.807) is 6.07 Å². The number of carbonyl (C=O) groups excluding carboxylic acids is 1. The number of carbonyl (C=O) groups is 1. The van der Waals surface area contributed by atoms with Crippen molar-refractivity contribution in [3.63, 3.8) is 0 Å². The minimum Gasteiger partial charge on any atom is -0.396 e. The average Bonchev–Trinajstić information content (AvgIpc) is 2.32. The van der Waals surface area contributed by atoms with Crippen molar-refractivity contribution in [1.82, 2.24) is 5.32 Å². The van der Waals surface area contributed by atoms with Gasteiger partial charge in [-0.15, -0.1) is 0 Å². The second-order valence-corrected chi connectivity index (χ2v) is 4.85. The summed E-state index contributed by atoms with van der Waals surface area (Å²) in [6.45, 7) is 2.82. The summed E-state index contributed by atoms with van der Waals surface area (Å²) in [6, 6.07) is 5.33. The van der Waals surface area contributed by atoms with Crippen LogP contribution >= 0.6 is 11.6 Å². The zero-order valence-electron chi connectivity index (χ0n) is 10.7. The van der Waals surface area contributed by atoms with Crippen LogP contribution in [0.4, 0.5) is 0 Å². The standard InChI is InChI=1S/C14H20ClNO2/c1-11-8-12(10-13(15)9-11)14(18)16-6-4-2-3-5-7-17/h8-10,17H,2-7H2,1H3,(H,16,18). The van der Waals surface area contributed by atoms with Crippen molar-refractivity contribution in [2.24, 2.45) is 0 Å². The molecule has 0 aliphatic carbocycles. The Hall–Kier alpha value is -1.06. The molecule has 0 bridgehead atoms. The van der Waals surface area contributed by atoms with Crippen molar-refractivity contribution in [2.75, 3.05) is 13.2 Å². The summed E-state index contributed by atoms with van der Waals surface area (Å²) < 4.78 is 0. The van der Waals surface area contributed by atoms with Gasteiger partial charge in [0.05, 0.1) is 0 Å². The number of aryl methyl sites for hydroxylation is 1. The molecule has 18 heavy (non-hydrogen) atoms. The lowest BCUT2D eigenvalue weighted by molar-refractivity contribution is 0.0952. The highest BCUT2D eigenvalue weighted by atomic mass is 35.5. The second kappa shape index (κ2) is 8.11. The van der Waals surface area contributed by atoms with E-state index in [0.29, 0.717) is 17.1 Å². The largest absolute Gasteiger partial charge is 0.396 e. The highest BCUT2D eigenvalue weighted by molar-refractivity contribution is 6.31. The van der Waals surface area contributed by atoms with Crippen molar-refractivity contribution >= 4 is 17.5 Å². The number of unbranched alkanes of at least 4 members (excludes halogenated alkanes) is 3. The van der Waals surface area contributed by atoms with Crippen LogP contribution in [0.1, 0.15) is 41.6 Å². The average molecular weight is 270 g/mol. The topological polar surface area (TPSA) is 49.3 Å². The van der Waals surface area contributed by atoms with Crippen LogP contribution in [-0.2, 0) is 0 Å². The first-order chi connectivity index (χ1) is 8.63. The summed E-state index contributed by atoms with van der Waals surface area (Å²) in [6.07, 6.45) is 3.80. The molecular formula is C14H20ClNO2. The van der Waals surface area contributed by atoms with Gasteiger partial charge >= 0.3 is 0 Å². The van der Waals surface area contributed by atoms with Crippen molar-refractivity contribution in [1.29, 1.82) is 0 Å². The third-order valence-electron chi connectivity index (χ3n) is 2.67. The molecule has 1 amide bonds. The van der Waals surface area contributed by atoms with Gasteiger partial charge in [-0.1, -0.05) is 24.4 Å². The smallest absolute Gasteiger partial charge is 0.251 e. The molecule has 3 nitrogen and oxygen atoms in total. The molecule has 0 unspecified atom stereocenters. The van der Waals surface area contributed by atoms with Gasteiger partial charge < -0.3 is 10.4 Å². The van der Waals surface area contributed by atoms with E-state index in [1.165, 1.54) is 0 Å². The molecule has 0 saturated heterocycles.